The molecular formula is C13H21N3O3S. The predicted octanol–water partition coefficient (Wildman–Crippen LogP) is -0.259. The van der Waals surface area contributed by atoms with Gasteiger partial charge < -0.3 is 11.1 Å². The quantitative estimate of drug-likeness (QED) is 0.574. The van der Waals surface area contributed by atoms with Gasteiger partial charge in [0.2, 0.25) is 15.9 Å². The summed E-state index contributed by atoms with van der Waals surface area (Å²) in [5, 5.41) is 7.47. The maximum Gasteiger partial charge on any atom is 0.236 e. The molecule has 1 atom stereocenters. The summed E-state index contributed by atoms with van der Waals surface area (Å²) in [6.07, 6.45) is 1.56. The van der Waals surface area contributed by atoms with Crippen LogP contribution < -0.4 is 16.2 Å². The van der Waals surface area contributed by atoms with Crippen LogP contribution >= 0.6 is 0 Å². The third kappa shape index (κ3) is 7.22. The molecule has 0 heterocycles. The number of sulfonamides is 1. The van der Waals surface area contributed by atoms with Crippen molar-refractivity contribution in [2.24, 2.45) is 10.9 Å². The second-order valence-corrected chi connectivity index (χ2v) is 6.38. The highest BCUT2D eigenvalue weighted by atomic mass is 32.2. The number of aryl methyl sites for hydroxylation is 1. The molecule has 0 aliphatic heterocycles. The van der Waals surface area contributed by atoms with E-state index in [1.54, 1.807) is 0 Å². The summed E-state index contributed by atoms with van der Waals surface area (Å²) in [5.74, 6) is -0.414. The van der Waals surface area contributed by atoms with Gasteiger partial charge in [-0.25, -0.2) is 13.6 Å². The molecule has 0 aromatic heterocycles. The van der Waals surface area contributed by atoms with E-state index in [2.05, 4.69) is 5.32 Å². The lowest BCUT2D eigenvalue weighted by atomic mass is 10.1. The van der Waals surface area contributed by atoms with E-state index in [4.69, 9.17) is 10.9 Å². The zero-order valence-electron chi connectivity index (χ0n) is 11.3. The summed E-state index contributed by atoms with van der Waals surface area (Å²) >= 11 is 0. The Bertz CT molecular complexity index is 517. The topological polar surface area (TPSA) is 115 Å². The zero-order valence-corrected chi connectivity index (χ0v) is 12.1. The molecule has 0 unspecified atom stereocenters. The number of amides is 1. The lowest BCUT2D eigenvalue weighted by molar-refractivity contribution is -0.122. The summed E-state index contributed by atoms with van der Waals surface area (Å²) in [7, 11) is -3.47. The van der Waals surface area contributed by atoms with Crippen LogP contribution in [0.4, 0.5) is 0 Å². The Hall–Kier alpha value is -1.44. The van der Waals surface area contributed by atoms with Gasteiger partial charge in [0.15, 0.2) is 0 Å². The van der Waals surface area contributed by atoms with Gasteiger partial charge in [0.1, 0.15) is 0 Å². The van der Waals surface area contributed by atoms with E-state index in [0.29, 0.717) is 6.42 Å². The number of nitrogens with one attached hydrogen (secondary N) is 1. The van der Waals surface area contributed by atoms with E-state index < -0.39 is 16.1 Å². The third-order valence-corrected chi connectivity index (χ3v) is 3.69. The SMILES string of the molecule is N[C@@H](CCc1ccccc1)C(=O)NCCCS(N)(=O)=O. The normalized spacial score (nSPS) is 12.9. The molecule has 0 radical (unpaired) electrons. The van der Waals surface area contributed by atoms with Crippen LogP contribution in [0, 0.1) is 0 Å². The van der Waals surface area contributed by atoms with Gasteiger partial charge in [0, 0.05) is 6.54 Å². The highest BCUT2D eigenvalue weighted by Gasteiger charge is 2.13. The lowest BCUT2D eigenvalue weighted by Crippen LogP contribution is -2.41. The molecule has 0 bridgehead atoms. The van der Waals surface area contributed by atoms with E-state index >= 15 is 0 Å². The van der Waals surface area contributed by atoms with Crippen LogP contribution in [-0.2, 0) is 21.2 Å². The maximum atomic E-state index is 11.7. The lowest BCUT2D eigenvalue weighted by Gasteiger charge is -2.12. The average molecular weight is 299 g/mol. The van der Waals surface area contributed by atoms with Crippen LogP contribution in [-0.4, -0.2) is 32.7 Å². The van der Waals surface area contributed by atoms with Gasteiger partial charge in [-0.2, -0.15) is 0 Å². The molecule has 1 amide bonds. The van der Waals surface area contributed by atoms with E-state index in [0.717, 1.165) is 12.0 Å². The molecule has 0 fully saturated rings. The van der Waals surface area contributed by atoms with E-state index in [1.165, 1.54) is 0 Å². The van der Waals surface area contributed by atoms with Gasteiger partial charge in [-0.15, -0.1) is 0 Å². The summed E-state index contributed by atoms with van der Waals surface area (Å²) in [6.45, 7) is 0.258. The Labute approximate surface area is 119 Å². The molecule has 0 saturated carbocycles. The van der Waals surface area contributed by atoms with Crippen molar-refractivity contribution in [2.45, 2.75) is 25.3 Å². The third-order valence-electron chi connectivity index (χ3n) is 2.83. The van der Waals surface area contributed by atoms with Crippen molar-refractivity contribution in [3.63, 3.8) is 0 Å². The number of rotatable bonds is 8. The van der Waals surface area contributed by atoms with Crippen molar-refractivity contribution in [1.82, 2.24) is 5.32 Å². The Kier molecular flexibility index (Phi) is 6.63. The van der Waals surface area contributed by atoms with Crippen molar-refractivity contribution < 1.29 is 13.2 Å². The Morgan fingerprint density at radius 3 is 2.50 bits per heavy atom. The van der Waals surface area contributed by atoms with Crippen molar-refractivity contribution in [3.05, 3.63) is 35.9 Å². The van der Waals surface area contributed by atoms with Crippen LogP contribution in [0.25, 0.3) is 0 Å². The molecule has 0 spiro atoms. The molecule has 0 saturated heterocycles. The average Bonchev–Trinajstić information content (AvgIpc) is 2.40. The number of carbonyl (C=O) groups is 1. The van der Waals surface area contributed by atoms with E-state index in [1.807, 2.05) is 30.3 Å². The minimum atomic E-state index is -3.47. The Morgan fingerprint density at radius 2 is 1.90 bits per heavy atom. The molecule has 1 aromatic carbocycles. The van der Waals surface area contributed by atoms with Crippen molar-refractivity contribution >= 4 is 15.9 Å². The molecule has 0 aliphatic carbocycles. The van der Waals surface area contributed by atoms with Gasteiger partial charge in [0.05, 0.1) is 11.8 Å². The second-order valence-electron chi connectivity index (χ2n) is 4.64. The summed E-state index contributed by atoms with van der Waals surface area (Å²) in [6, 6.07) is 9.18. The molecule has 1 aromatic rings. The fourth-order valence-corrected chi connectivity index (χ4v) is 2.26. The minimum absolute atomic E-state index is 0.146. The van der Waals surface area contributed by atoms with Crippen LogP contribution in [0.2, 0.25) is 0 Å². The number of benzene rings is 1. The molecule has 6 nitrogen and oxygen atoms in total. The first-order valence-electron chi connectivity index (χ1n) is 6.46. The fourth-order valence-electron chi connectivity index (χ4n) is 1.71. The smallest absolute Gasteiger partial charge is 0.236 e. The maximum absolute atomic E-state index is 11.7. The van der Waals surface area contributed by atoms with Crippen LogP contribution in [0.3, 0.4) is 0 Å². The molecule has 0 aliphatic rings. The summed E-state index contributed by atoms with van der Waals surface area (Å²) < 4.78 is 21.4. The molecule has 1 rings (SSSR count). The molecule has 5 N–H and O–H groups in total. The number of nitrogens with two attached hydrogens (primary N) is 2. The molecule has 112 valence electrons. The van der Waals surface area contributed by atoms with Gasteiger partial charge in [0.25, 0.3) is 0 Å². The molecule has 20 heavy (non-hydrogen) atoms. The van der Waals surface area contributed by atoms with Crippen LogP contribution in [0.15, 0.2) is 30.3 Å². The summed E-state index contributed by atoms with van der Waals surface area (Å²) in [5.41, 5.74) is 6.91. The highest BCUT2D eigenvalue weighted by molar-refractivity contribution is 7.89. The number of hydrogen-bond donors (Lipinski definition) is 3. The molecular weight excluding hydrogens is 278 g/mol. The second kappa shape index (κ2) is 7.98. The van der Waals surface area contributed by atoms with Gasteiger partial charge in [-0.05, 0) is 24.8 Å². The first-order chi connectivity index (χ1) is 9.38. The number of hydrogen-bond acceptors (Lipinski definition) is 4. The predicted molar refractivity (Wildman–Crippen MR) is 78.3 cm³/mol. The zero-order chi connectivity index (χ0) is 15.0. The summed E-state index contributed by atoms with van der Waals surface area (Å²) in [4.78, 5) is 11.7. The first kappa shape index (κ1) is 16.6. The molecule has 7 heteroatoms. The van der Waals surface area contributed by atoms with Crippen molar-refractivity contribution in [1.29, 1.82) is 0 Å². The van der Waals surface area contributed by atoms with Gasteiger partial charge in [-0.3, -0.25) is 4.79 Å². The van der Waals surface area contributed by atoms with Gasteiger partial charge in [-0.1, -0.05) is 30.3 Å². The standard InChI is InChI=1S/C13H21N3O3S/c14-12(8-7-11-5-2-1-3-6-11)13(17)16-9-4-10-20(15,18)19/h1-3,5-6,12H,4,7-10,14H2,(H,16,17)(H2,15,18,19)/t12-/m0/s1. The highest BCUT2D eigenvalue weighted by Crippen LogP contribution is 2.04. The van der Waals surface area contributed by atoms with E-state index in [-0.39, 0.29) is 24.6 Å². The van der Waals surface area contributed by atoms with E-state index in [9.17, 15) is 13.2 Å². The Balaban J connectivity index is 2.22. The van der Waals surface area contributed by atoms with Crippen LogP contribution in [0.1, 0.15) is 18.4 Å². The monoisotopic (exact) mass is 299 g/mol. The number of carbonyl (C=O) groups excluding carboxylic acids is 1. The van der Waals surface area contributed by atoms with Crippen molar-refractivity contribution in [3.8, 4) is 0 Å². The minimum Gasteiger partial charge on any atom is -0.355 e. The van der Waals surface area contributed by atoms with Crippen molar-refractivity contribution in [2.75, 3.05) is 12.3 Å². The van der Waals surface area contributed by atoms with Crippen LogP contribution in [0.5, 0.6) is 0 Å². The first-order valence-corrected chi connectivity index (χ1v) is 8.18. The fraction of sp³-hybridized carbons (Fsp3) is 0.462. The Morgan fingerprint density at radius 1 is 1.25 bits per heavy atom. The largest absolute Gasteiger partial charge is 0.355 e. The van der Waals surface area contributed by atoms with Gasteiger partial charge >= 0.3 is 0 Å². The number of primary sulfonamides is 1.